The molecule has 0 aliphatic rings. The summed E-state index contributed by atoms with van der Waals surface area (Å²) in [5.74, 6) is -0.924. The molecular formula is C26H42O4. The summed E-state index contributed by atoms with van der Waals surface area (Å²) in [5, 5.41) is 0. The largest absolute Gasteiger partial charge is 0.465 e. The third kappa shape index (κ3) is 9.32. The Morgan fingerprint density at radius 3 is 1.70 bits per heavy atom. The lowest BCUT2D eigenvalue weighted by Crippen LogP contribution is -2.16. The quantitative estimate of drug-likeness (QED) is 0.213. The van der Waals surface area contributed by atoms with Gasteiger partial charge in [0.25, 0.3) is 0 Å². The molecule has 1 aromatic carbocycles. The number of hydrogen-bond donors (Lipinski definition) is 0. The first-order valence-corrected chi connectivity index (χ1v) is 11.9. The van der Waals surface area contributed by atoms with Gasteiger partial charge in [-0.1, -0.05) is 84.1 Å². The summed E-state index contributed by atoms with van der Waals surface area (Å²) < 4.78 is 9.98. The van der Waals surface area contributed by atoms with Crippen LogP contribution >= 0.6 is 0 Å². The molecule has 0 unspecified atom stereocenters. The molecule has 1 rings (SSSR count). The number of ether oxygens (including phenoxy) is 2. The molecule has 0 saturated carbocycles. The van der Waals surface area contributed by atoms with Crippen LogP contribution in [0.4, 0.5) is 0 Å². The van der Waals surface area contributed by atoms with Crippen molar-refractivity contribution in [3.63, 3.8) is 0 Å². The molecule has 0 amide bonds. The molecule has 1 aromatic rings. The van der Waals surface area contributed by atoms with Gasteiger partial charge in [0.05, 0.1) is 25.3 Å². The topological polar surface area (TPSA) is 52.6 Å². The minimum atomic E-state index is -0.468. The van der Waals surface area contributed by atoms with Crippen molar-refractivity contribution in [2.75, 3.05) is 14.2 Å². The fourth-order valence-electron chi connectivity index (χ4n) is 3.93. The van der Waals surface area contributed by atoms with Crippen molar-refractivity contribution in [1.29, 1.82) is 0 Å². The lowest BCUT2D eigenvalue weighted by atomic mass is 9.91. The molecule has 0 aromatic heterocycles. The maximum Gasteiger partial charge on any atom is 0.339 e. The minimum Gasteiger partial charge on any atom is -0.465 e. The Morgan fingerprint density at radius 1 is 0.667 bits per heavy atom. The Hall–Kier alpha value is -1.84. The fourth-order valence-corrected chi connectivity index (χ4v) is 3.93. The Morgan fingerprint density at radius 2 is 1.17 bits per heavy atom. The minimum absolute atomic E-state index is 0.341. The van der Waals surface area contributed by atoms with Crippen molar-refractivity contribution >= 4 is 11.9 Å². The van der Waals surface area contributed by atoms with Gasteiger partial charge < -0.3 is 9.47 Å². The number of methoxy groups -OCH3 is 2. The monoisotopic (exact) mass is 418 g/mol. The van der Waals surface area contributed by atoms with Crippen molar-refractivity contribution in [2.24, 2.45) is 0 Å². The number of carbonyl (C=O) groups is 2. The molecule has 0 fully saturated rings. The van der Waals surface area contributed by atoms with Gasteiger partial charge in [0.2, 0.25) is 0 Å². The number of unbranched alkanes of at least 4 members (excludes halogenated alkanes) is 10. The van der Waals surface area contributed by atoms with E-state index in [9.17, 15) is 9.59 Å². The summed E-state index contributed by atoms with van der Waals surface area (Å²) >= 11 is 0. The van der Waals surface area contributed by atoms with Gasteiger partial charge in [-0.25, -0.2) is 9.59 Å². The molecule has 0 aliphatic heterocycles. The molecule has 4 nitrogen and oxygen atoms in total. The highest BCUT2D eigenvalue weighted by Gasteiger charge is 2.23. The van der Waals surface area contributed by atoms with Gasteiger partial charge in [-0.2, -0.15) is 0 Å². The van der Waals surface area contributed by atoms with Gasteiger partial charge in [0.1, 0.15) is 0 Å². The maximum atomic E-state index is 12.5. The van der Waals surface area contributed by atoms with E-state index in [1.165, 1.54) is 72.0 Å². The number of aryl methyl sites for hydroxylation is 2. The second-order valence-corrected chi connectivity index (χ2v) is 8.20. The van der Waals surface area contributed by atoms with E-state index in [-0.39, 0.29) is 0 Å². The number of hydrogen-bond acceptors (Lipinski definition) is 4. The van der Waals surface area contributed by atoms with Crippen molar-refractivity contribution in [3.05, 3.63) is 34.4 Å². The molecule has 30 heavy (non-hydrogen) atoms. The van der Waals surface area contributed by atoms with E-state index >= 15 is 0 Å². The van der Waals surface area contributed by atoms with E-state index in [1.54, 1.807) is 0 Å². The summed E-state index contributed by atoms with van der Waals surface area (Å²) in [6.45, 7) is 4.44. The van der Waals surface area contributed by atoms with Crippen LogP contribution in [-0.2, 0) is 22.3 Å². The van der Waals surface area contributed by atoms with E-state index in [1.807, 2.05) is 6.07 Å². The zero-order valence-electron chi connectivity index (χ0n) is 19.7. The molecule has 0 N–H and O–H groups in total. The van der Waals surface area contributed by atoms with E-state index < -0.39 is 11.9 Å². The van der Waals surface area contributed by atoms with E-state index in [4.69, 9.17) is 9.47 Å². The van der Waals surface area contributed by atoms with Crippen LogP contribution in [0.15, 0.2) is 12.1 Å². The number of carbonyl (C=O) groups excluding carboxylic acids is 2. The molecule has 0 saturated heterocycles. The average Bonchev–Trinajstić information content (AvgIpc) is 2.77. The molecule has 0 heterocycles. The SMILES string of the molecule is CCCCCCCCc1cc(CCCCCCCC)c(C(=O)OC)c(C(=O)OC)c1. The lowest BCUT2D eigenvalue weighted by molar-refractivity contribution is 0.0554. The highest BCUT2D eigenvalue weighted by molar-refractivity contribution is 6.04. The fraction of sp³-hybridized carbons (Fsp3) is 0.692. The first-order chi connectivity index (χ1) is 14.6. The third-order valence-corrected chi connectivity index (χ3v) is 5.69. The van der Waals surface area contributed by atoms with Gasteiger partial charge in [-0.05, 0) is 42.9 Å². The Labute approximate surface area is 183 Å². The summed E-state index contributed by atoms with van der Waals surface area (Å²) in [4.78, 5) is 24.9. The molecule has 0 spiro atoms. The summed E-state index contributed by atoms with van der Waals surface area (Å²) in [5.41, 5.74) is 2.75. The van der Waals surface area contributed by atoms with E-state index in [0.717, 1.165) is 43.2 Å². The molecule has 0 radical (unpaired) electrons. The van der Waals surface area contributed by atoms with Gasteiger partial charge in [0, 0.05) is 0 Å². The molecule has 170 valence electrons. The van der Waals surface area contributed by atoms with Crippen molar-refractivity contribution in [3.8, 4) is 0 Å². The number of rotatable bonds is 16. The van der Waals surface area contributed by atoms with Gasteiger partial charge in [-0.3, -0.25) is 0 Å². The highest BCUT2D eigenvalue weighted by atomic mass is 16.5. The summed E-state index contributed by atoms with van der Waals surface area (Å²) in [6, 6.07) is 3.94. The number of benzene rings is 1. The van der Waals surface area contributed by atoms with Crippen LogP contribution in [0.25, 0.3) is 0 Å². The standard InChI is InChI=1S/C26H42O4/c1-5-7-9-11-13-15-17-21-19-22(18-16-14-12-10-8-6-2)24(26(28)30-4)23(20-21)25(27)29-3/h19-20H,5-18H2,1-4H3. The van der Waals surface area contributed by atoms with Crippen molar-refractivity contribution in [2.45, 2.75) is 104 Å². The van der Waals surface area contributed by atoms with Crippen LogP contribution in [0.1, 0.15) is 123 Å². The average molecular weight is 419 g/mol. The Kier molecular flexibility index (Phi) is 13.9. The predicted octanol–water partition coefficient (Wildman–Crippen LogP) is 7.07. The van der Waals surface area contributed by atoms with Crippen LogP contribution in [0.2, 0.25) is 0 Å². The predicted molar refractivity (Wildman–Crippen MR) is 123 cm³/mol. The molecule has 0 atom stereocenters. The molecule has 0 bridgehead atoms. The molecular weight excluding hydrogens is 376 g/mol. The zero-order chi connectivity index (χ0) is 22.2. The van der Waals surface area contributed by atoms with Crippen LogP contribution < -0.4 is 0 Å². The second-order valence-electron chi connectivity index (χ2n) is 8.20. The smallest absolute Gasteiger partial charge is 0.339 e. The Bertz CT molecular complexity index is 636. The third-order valence-electron chi connectivity index (χ3n) is 5.69. The maximum absolute atomic E-state index is 12.5. The van der Waals surface area contributed by atoms with Crippen molar-refractivity contribution < 1.29 is 19.1 Å². The molecule has 4 heteroatoms. The zero-order valence-corrected chi connectivity index (χ0v) is 19.7. The van der Waals surface area contributed by atoms with Gasteiger partial charge in [-0.15, -0.1) is 0 Å². The van der Waals surface area contributed by atoms with E-state index in [2.05, 4.69) is 19.9 Å². The molecule has 0 aliphatic carbocycles. The van der Waals surface area contributed by atoms with E-state index in [0.29, 0.717) is 11.1 Å². The van der Waals surface area contributed by atoms with Gasteiger partial charge in [0.15, 0.2) is 0 Å². The van der Waals surface area contributed by atoms with Crippen LogP contribution in [-0.4, -0.2) is 26.2 Å². The second kappa shape index (κ2) is 15.9. The van der Waals surface area contributed by atoms with Crippen molar-refractivity contribution in [1.82, 2.24) is 0 Å². The van der Waals surface area contributed by atoms with Crippen LogP contribution in [0.3, 0.4) is 0 Å². The number of esters is 2. The van der Waals surface area contributed by atoms with Crippen LogP contribution in [0, 0.1) is 0 Å². The van der Waals surface area contributed by atoms with Gasteiger partial charge >= 0.3 is 11.9 Å². The highest BCUT2D eigenvalue weighted by Crippen LogP contribution is 2.24. The Balaban J connectivity index is 2.95. The normalized spacial score (nSPS) is 10.8. The lowest BCUT2D eigenvalue weighted by Gasteiger charge is -2.15. The first kappa shape index (κ1) is 26.2. The summed E-state index contributed by atoms with van der Waals surface area (Å²) in [6.07, 6.45) is 16.2. The first-order valence-electron chi connectivity index (χ1n) is 11.9. The summed E-state index contributed by atoms with van der Waals surface area (Å²) in [7, 11) is 2.72. The van der Waals surface area contributed by atoms with Crippen LogP contribution in [0.5, 0.6) is 0 Å².